The van der Waals surface area contributed by atoms with Crippen LogP contribution in [0.4, 0.5) is 11.4 Å². The highest BCUT2D eigenvalue weighted by Gasteiger charge is 2.21. The van der Waals surface area contributed by atoms with E-state index in [1.165, 1.54) is 12.1 Å². The number of morpholine rings is 1. The summed E-state index contributed by atoms with van der Waals surface area (Å²) in [6.45, 7) is 2.31. The average molecular weight is 233 g/mol. The van der Waals surface area contributed by atoms with Gasteiger partial charge in [0, 0.05) is 19.2 Å². The van der Waals surface area contributed by atoms with Gasteiger partial charge in [-0.1, -0.05) is 0 Å². The normalized spacial score (nSPS) is 15.4. The Bertz CT molecular complexity index is 475. The lowest BCUT2D eigenvalue weighted by atomic mass is 10.1. The third-order valence-corrected chi connectivity index (χ3v) is 2.65. The van der Waals surface area contributed by atoms with Crippen LogP contribution in [0.25, 0.3) is 0 Å². The molecule has 6 heteroatoms. The van der Waals surface area contributed by atoms with Crippen LogP contribution >= 0.6 is 0 Å². The molecule has 0 bridgehead atoms. The van der Waals surface area contributed by atoms with E-state index < -0.39 is 4.92 Å². The molecule has 0 saturated carbocycles. The molecule has 17 heavy (non-hydrogen) atoms. The Morgan fingerprint density at radius 2 is 2.12 bits per heavy atom. The average Bonchev–Trinajstić information content (AvgIpc) is 2.39. The molecule has 0 amide bonds. The van der Waals surface area contributed by atoms with Crippen molar-refractivity contribution in [1.82, 2.24) is 0 Å². The topological polar surface area (TPSA) is 79.4 Å². The van der Waals surface area contributed by atoms with Gasteiger partial charge in [0.1, 0.15) is 5.69 Å². The maximum Gasteiger partial charge on any atom is 0.292 e. The molecule has 6 nitrogen and oxygen atoms in total. The van der Waals surface area contributed by atoms with Gasteiger partial charge in [-0.2, -0.15) is 5.26 Å². The molecule has 1 heterocycles. The van der Waals surface area contributed by atoms with Crippen LogP contribution in [0.1, 0.15) is 5.56 Å². The molecule has 1 aliphatic heterocycles. The van der Waals surface area contributed by atoms with E-state index in [1.807, 2.05) is 11.0 Å². The number of anilines is 1. The fourth-order valence-electron chi connectivity index (χ4n) is 1.80. The summed E-state index contributed by atoms with van der Waals surface area (Å²) in [5.41, 5.74) is 0.959. The highest BCUT2D eigenvalue weighted by atomic mass is 16.6. The van der Waals surface area contributed by atoms with Gasteiger partial charge in [0.05, 0.1) is 29.8 Å². The first-order valence-corrected chi connectivity index (χ1v) is 5.23. The predicted octanol–water partition coefficient (Wildman–Crippen LogP) is 1.30. The first kappa shape index (κ1) is 11.4. The SMILES string of the molecule is N#Cc1ccc([N+](=O)[O-])c(N2CCOCC2)c1. The molecule has 0 spiro atoms. The predicted molar refractivity (Wildman–Crippen MR) is 60.8 cm³/mol. The van der Waals surface area contributed by atoms with Crippen molar-refractivity contribution in [2.75, 3.05) is 31.2 Å². The molecule has 0 aromatic heterocycles. The summed E-state index contributed by atoms with van der Waals surface area (Å²) >= 11 is 0. The fourth-order valence-corrected chi connectivity index (χ4v) is 1.80. The summed E-state index contributed by atoms with van der Waals surface area (Å²) in [6, 6.07) is 6.39. The standard InChI is InChI=1S/C11H11N3O3/c12-8-9-1-2-10(14(15)16)11(7-9)13-3-5-17-6-4-13/h1-2,7H,3-6H2. The van der Waals surface area contributed by atoms with E-state index in [-0.39, 0.29) is 5.69 Å². The Hall–Kier alpha value is -2.13. The van der Waals surface area contributed by atoms with E-state index in [1.54, 1.807) is 6.07 Å². The Labute approximate surface area is 98.2 Å². The van der Waals surface area contributed by atoms with Crippen molar-refractivity contribution >= 4 is 11.4 Å². The lowest BCUT2D eigenvalue weighted by Crippen LogP contribution is -2.36. The Balaban J connectivity index is 2.41. The second-order valence-corrected chi connectivity index (χ2v) is 3.67. The zero-order chi connectivity index (χ0) is 12.3. The number of nitrogens with zero attached hydrogens (tertiary/aromatic N) is 3. The van der Waals surface area contributed by atoms with Crippen molar-refractivity contribution in [2.45, 2.75) is 0 Å². The lowest BCUT2D eigenvalue weighted by molar-refractivity contribution is -0.384. The molecule has 1 aromatic rings. The number of hydrogen-bond acceptors (Lipinski definition) is 5. The molecule has 2 rings (SSSR count). The van der Waals surface area contributed by atoms with Crippen molar-refractivity contribution in [1.29, 1.82) is 5.26 Å². The molecular weight excluding hydrogens is 222 g/mol. The van der Waals surface area contributed by atoms with Crippen LogP contribution in [0.2, 0.25) is 0 Å². The summed E-state index contributed by atoms with van der Waals surface area (Å²) in [4.78, 5) is 12.4. The highest BCUT2D eigenvalue weighted by Crippen LogP contribution is 2.29. The molecule has 1 fully saturated rings. The van der Waals surface area contributed by atoms with Gasteiger partial charge in [-0.05, 0) is 12.1 Å². The molecule has 0 aliphatic carbocycles. The molecule has 0 radical (unpaired) electrons. The molecular formula is C11H11N3O3. The quantitative estimate of drug-likeness (QED) is 0.568. The zero-order valence-electron chi connectivity index (χ0n) is 9.13. The van der Waals surface area contributed by atoms with E-state index in [2.05, 4.69) is 0 Å². The van der Waals surface area contributed by atoms with Crippen LogP contribution in [0.3, 0.4) is 0 Å². The summed E-state index contributed by atoms with van der Waals surface area (Å²) in [7, 11) is 0. The highest BCUT2D eigenvalue weighted by molar-refractivity contribution is 5.66. The molecule has 88 valence electrons. The van der Waals surface area contributed by atoms with Crippen molar-refractivity contribution in [3.05, 3.63) is 33.9 Å². The minimum atomic E-state index is -0.425. The second-order valence-electron chi connectivity index (χ2n) is 3.67. The zero-order valence-corrected chi connectivity index (χ0v) is 9.13. The molecule has 0 N–H and O–H groups in total. The van der Waals surface area contributed by atoms with Crippen LogP contribution in [0.15, 0.2) is 18.2 Å². The maximum atomic E-state index is 10.9. The molecule has 0 atom stereocenters. The van der Waals surface area contributed by atoms with E-state index in [0.29, 0.717) is 37.6 Å². The number of nitro benzene ring substituents is 1. The number of benzene rings is 1. The summed E-state index contributed by atoms with van der Waals surface area (Å²) in [5, 5.41) is 19.8. The van der Waals surface area contributed by atoms with Crippen LogP contribution in [0.5, 0.6) is 0 Å². The van der Waals surface area contributed by atoms with Gasteiger partial charge in [0.25, 0.3) is 5.69 Å². The van der Waals surface area contributed by atoms with Crippen LogP contribution < -0.4 is 4.90 Å². The van der Waals surface area contributed by atoms with E-state index in [0.717, 1.165) is 0 Å². The fraction of sp³-hybridized carbons (Fsp3) is 0.364. The van der Waals surface area contributed by atoms with Crippen LogP contribution in [0, 0.1) is 21.4 Å². The van der Waals surface area contributed by atoms with Crippen LogP contribution in [-0.4, -0.2) is 31.2 Å². The first-order chi connectivity index (χ1) is 8.22. The summed E-state index contributed by atoms with van der Waals surface area (Å²) < 4.78 is 5.20. The van der Waals surface area contributed by atoms with Gasteiger partial charge >= 0.3 is 0 Å². The molecule has 1 aliphatic rings. The minimum Gasteiger partial charge on any atom is -0.378 e. The summed E-state index contributed by atoms with van der Waals surface area (Å²) in [6.07, 6.45) is 0. The molecule has 1 saturated heterocycles. The Morgan fingerprint density at radius 1 is 1.41 bits per heavy atom. The van der Waals surface area contributed by atoms with Crippen molar-refractivity contribution in [3.63, 3.8) is 0 Å². The van der Waals surface area contributed by atoms with Crippen molar-refractivity contribution in [2.24, 2.45) is 0 Å². The van der Waals surface area contributed by atoms with Gasteiger partial charge in [-0.3, -0.25) is 10.1 Å². The van der Waals surface area contributed by atoms with E-state index in [9.17, 15) is 10.1 Å². The first-order valence-electron chi connectivity index (χ1n) is 5.23. The molecule has 1 aromatic carbocycles. The molecule has 0 unspecified atom stereocenters. The van der Waals surface area contributed by atoms with Crippen LogP contribution in [-0.2, 0) is 4.74 Å². The third-order valence-electron chi connectivity index (χ3n) is 2.65. The number of nitro groups is 1. The summed E-state index contributed by atoms with van der Waals surface area (Å²) in [5.74, 6) is 0. The lowest BCUT2D eigenvalue weighted by Gasteiger charge is -2.28. The van der Waals surface area contributed by atoms with Gasteiger partial charge < -0.3 is 9.64 Å². The largest absolute Gasteiger partial charge is 0.378 e. The van der Waals surface area contributed by atoms with Gasteiger partial charge in [0.2, 0.25) is 0 Å². The number of ether oxygens (including phenoxy) is 1. The van der Waals surface area contributed by atoms with Crippen molar-refractivity contribution < 1.29 is 9.66 Å². The minimum absolute atomic E-state index is 0.0332. The van der Waals surface area contributed by atoms with E-state index in [4.69, 9.17) is 10.00 Å². The van der Waals surface area contributed by atoms with Gasteiger partial charge in [-0.25, -0.2) is 0 Å². The third kappa shape index (κ3) is 2.34. The van der Waals surface area contributed by atoms with Crippen molar-refractivity contribution in [3.8, 4) is 6.07 Å². The van der Waals surface area contributed by atoms with Gasteiger partial charge in [0.15, 0.2) is 0 Å². The Kier molecular flexibility index (Phi) is 3.21. The monoisotopic (exact) mass is 233 g/mol. The van der Waals surface area contributed by atoms with E-state index >= 15 is 0 Å². The second kappa shape index (κ2) is 4.80. The van der Waals surface area contributed by atoms with Gasteiger partial charge in [-0.15, -0.1) is 0 Å². The number of rotatable bonds is 2. The number of nitriles is 1. The maximum absolute atomic E-state index is 10.9. The smallest absolute Gasteiger partial charge is 0.292 e. The Morgan fingerprint density at radius 3 is 2.71 bits per heavy atom. The number of hydrogen-bond donors (Lipinski definition) is 0.